The van der Waals surface area contributed by atoms with Crippen molar-refractivity contribution in [3.63, 3.8) is 0 Å². The molecule has 0 atom stereocenters. The molecule has 1 amide bonds. The van der Waals surface area contributed by atoms with Gasteiger partial charge in [-0.05, 0) is 25.1 Å². The van der Waals surface area contributed by atoms with Crippen LogP contribution in [-0.4, -0.2) is 41.8 Å². The number of aryl methyl sites for hydroxylation is 1. The number of methoxy groups -OCH3 is 1. The molecular weight excluding hydrogens is 258 g/mol. The smallest absolute Gasteiger partial charge is 0.277 e. The van der Waals surface area contributed by atoms with Gasteiger partial charge in [0.2, 0.25) is 0 Å². The van der Waals surface area contributed by atoms with Crippen molar-refractivity contribution >= 4 is 5.91 Å². The van der Waals surface area contributed by atoms with Gasteiger partial charge in [0.15, 0.2) is 0 Å². The van der Waals surface area contributed by atoms with Crippen molar-refractivity contribution in [2.45, 2.75) is 6.92 Å². The number of amides is 1. The maximum atomic E-state index is 12.0. The van der Waals surface area contributed by atoms with E-state index in [4.69, 9.17) is 9.57 Å². The van der Waals surface area contributed by atoms with Gasteiger partial charge in [0.05, 0.1) is 31.9 Å². The molecular formula is C14H17N3O3. The molecule has 0 saturated heterocycles. The first kappa shape index (κ1) is 14.1. The molecule has 0 N–H and O–H groups in total. The molecule has 0 aliphatic carbocycles. The molecule has 0 aliphatic heterocycles. The lowest BCUT2D eigenvalue weighted by atomic mass is 10.1. The standard InChI is InChI=1S/C14H17N3O3/c1-10-8-17(9-15-10)12-6-5-11(7-13(12)19-3)14(18)16(2)20-4/h5-9H,1-4H3. The Labute approximate surface area is 117 Å². The first-order chi connectivity index (χ1) is 9.56. The fourth-order valence-corrected chi connectivity index (χ4v) is 1.84. The number of rotatable bonds is 4. The molecule has 2 rings (SSSR count). The van der Waals surface area contributed by atoms with E-state index in [2.05, 4.69) is 4.98 Å². The number of ether oxygens (including phenoxy) is 1. The van der Waals surface area contributed by atoms with E-state index in [0.717, 1.165) is 16.4 Å². The normalized spacial score (nSPS) is 10.4. The fourth-order valence-electron chi connectivity index (χ4n) is 1.84. The molecule has 1 aromatic carbocycles. The number of carbonyl (C=O) groups is 1. The zero-order valence-corrected chi connectivity index (χ0v) is 12.0. The number of nitrogens with zero attached hydrogens (tertiary/aromatic N) is 3. The van der Waals surface area contributed by atoms with E-state index in [-0.39, 0.29) is 5.91 Å². The molecule has 6 nitrogen and oxygen atoms in total. The molecule has 0 fully saturated rings. The van der Waals surface area contributed by atoms with Gasteiger partial charge in [0, 0.05) is 18.8 Å². The maximum Gasteiger partial charge on any atom is 0.277 e. The Bertz CT molecular complexity index is 622. The SMILES string of the molecule is COc1cc(C(=O)N(C)OC)ccc1-n1cnc(C)c1. The van der Waals surface area contributed by atoms with E-state index in [0.29, 0.717) is 11.3 Å². The number of hydrogen-bond donors (Lipinski definition) is 0. The Morgan fingerprint density at radius 1 is 1.35 bits per heavy atom. The highest BCUT2D eigenvalue weighted by molar-refractivity contribution is 5.94. The second-order valence-electron chi connectivity index (χ2n) is 4.29. The average molecular weight is 275 g/mol. The van der Waals surface area contributed by atoms with E-state index < -0.39 is 0 Å². The summed E-state index contributed by atoms with van der Waals surface area (Å²) in [4.78, 5) is 21.1. The Balaban J connectivity index is 2.40. The Morgan fingerprint density at radius 2 is 2.10 bits per heavy atom. The summed E-state index contributed by atoms with van der Waals surface area (Å²) >= 11 is 0. The van der Waals surface area contributed by atoms with Gasteiger partial charge in [-0.25, -0.2) is 10.0 Å². The highest BCUT2D eigenvalue weighted by Gasteiger charge is 2.15. The monoisotopic (exact) mass is 275 g/mol. The van der Waals surface area contributed by atoms with Gasteiger partial charge in [-0.1, -0.05) is 0 Å². The molecule has 0 radical (unpaired) electrons. The summed E-state index contributed by atoms with van der Waals surface area (Å²) < 4.78 is 7.20. The third kappa shape index (κ3) is 2.65. The Morgan fingerprint density at radius 3 is 2.65 bits per heavy atom. The zero-order chi connectivity index (χ0) is 14.7. The lowest BCUT2D eigenvalue weighted by Crippen LogP contribution is -2.25. The lowest BCUT2D eigenvalue weighted by molar-refractivity contribution is -0.0757. The highest BCUT2D eigenvalue weighted by Crippen LogP contribution is 2.25. The third-order valence-electron chi connectivity index (χ3n) is 2.98. The van der Waals surface area contributed by atoms with Gasteiger partial charge in [-0.15, -0.1) is 0 Å². The largest absolute Gasteiger partial charge is 0.495 e. The number of imidazole rings is 1. The van der Waals surface area contributed by atoms with Gasteiger partial charge in [0.1, 0.15) is 5.75 Å². The number of hydroxylamine groups is 2. The molecule has 0 aliphatic rings. The summed E-state index contributed by atoms with van der Waals surface area (Å²) in [5, 5.41) is 1.16. The predicted octanol–water partition coefficient (Wildman–Crippen LogP) is 1.82. The van der Waals surface area contributed by atoms with Gasteiger partial charge in [0.25, 0.3) is 5.91 Å². The van der Waals surface area contributed by atoms with E-state index in [9.17, 15) is 4.79 Å². The predicted molar refractivity (Wildman–Crippen MR) is 74.0 cm³/mol. The van der Waals surface area contributed by atoms with E-state index in [1.165, 1.54) is 7.11 Å². The van der Waals surface area contributed by atoms with Crippen molar-refractivity contribution in [3.05, 3.63) is 42.0 Å². The van der Waals surface area contributed by atoms with Crippen LogP contribution in [0.4, 0.5) is 0 Å². The Kier molecular flexibility index (Phi) is 4.05. The topological polar surface area (TPSA) is 56.6 Å². The summed E-state index contributed by atoms with van der Waals surface area (Å²) in [6, 6.07) is 5.23. The molecule has 1 aromatic heterocycles. The van der Waals surface area contributed by atoms with Crippen molar-refractivity contribution < 1.29 is 14.4 Å². The van der Waals surface area contributed by atoms with Crippen molar-refractivity contribution in [2.75, 3.05) is 21.3 Å². The lowest BCUT2D eigenvalue weighted by Gasteiger charge is -2.15. The molecule has 106 valence electrons. The number of carbonyl (C=O) groups excluding carboxylic acids is 1. The molecule has 0 spiro atoms. The van der Waals surface area contributed by atoms with Crippen molar-refractivity contribution in [1.82, 2.24) is 14.6 Å². The Hall–Kier alpha value is -2.34. The van der Waals surface area contributed by atoms with Crippen LogP contribution in [0, 0.1) is 6.92 Å². The molecule has 6 heteroatoms. The van der Waals surface area contributed by atoms with Gasteiger partial charge in [-0.3, -0.25) is 9.63 Å². The summed E-state index contributed by atoms with van der Waals surface area (Å²) in [6.07, 6.45) is 3.59. The molecule has 20 heavy (non-hydrogen) atoms. The van der Waals surface area contributed by atoms with Crippen molar-refractivity contribution in [3.8, 4) is 11.4 Å². The van der Waals surface area contributed by atoms with Crippen LogP contribution in [0.5, 0.6) is 5.75 Å². The zero-order valence-electron chi connectivity index (χ0n) is 12.0. The van der Waals surface area contributed by atoms with E-state index in [1.54, 1.807) is 32.6 Å². The molecule has 1 heterocycles. The van der Waals surface area contributed by atoms with Crippen molar-refractivity contribution in [2.24, 2.45) is 0 Å². The minimum atomic E-state index is -0.237. The summed E-state index contributed by atoms with van der Waals surface area (Å²) in [5.41, 5.74) is 2.22. The number of hydrogen-bond acceptors (Lipinski definition) is 4. The number of aromatic nitrogens is 2. The van der Waals surface area contributed by atoms with Crippen LogP contribution < -0.4 is 4.74 Å². The third-order valence-corrected chi connectivity index (χ3v) is 2.98. The van der Waals surface area contributed by atoms with Crippen LogP contribution in [-0.2, 0) is 4.84 Å². The van der Waals surface area contributed by atoms with Crippen LogP contribution in [0.15, 0.2) is 30.7 Å². The quantitative estimate of drug-likeness (QED) is 0.799. The van der Waals surface area contributed by atoms with E-state index >= 15 is 0 Å². The minimum absolute atomic E-state index is 0.237. The van der Waals surface area contributed by atoms with Crippen LogP contribution in [0.1, 0.15) is 16.1 Å². The fraction of sp³-hybridized carbons (Fsp3) is 0.286. The van der Waals surface area contributed by atoms with Crippen LogP contribution in [0.25, 0.3) is 5.69 Å². The average Bonchev–Trinajstić information content (AvgIpc) is 2.91. The summed E-state index contributed by atoms with van der Waals surface area (Å²) in [5.74, 6) is 0.358. The first-order valence-corrected chi connectivity index (χ1v) is 6.08. The summed E-state index contributed by atoms with van der Waals surface area (Å²) in [7, 11) is 4.57. The van der Waals surface area contributed by atoms with Crippen LogP contribution in [0.3, 0.4) is 0 Å². The molecule has 2 aromatic rings. The van der Waals surface area contributed by atoms with E-state index in [1.807, 2.05) is 23.8 Å². The second kappa shape index (κ2) is 5.75. The van der Waals surface area contributed by atoms with Gasteiger partial charge >= 0.3 is 0 Å². The maximum absolute atomic E-state index is 12.0. The van der Waals surface area contributed by atoms with Crippen molar-refractivity contribution in [1.29, 1.82) is 0 Å². The van der Waals surface area contributed by atoms with Gasteiger partial charge < -0.3 is 9.30 Å². The highest BCUT2D eigenvalue weighted by atomic mass is 16.7. The first-order valence-electron chi connectivity index (χ1n) is 6.08. The molecule has 0 saturated carbocycles. The molecule has 0 unspecified atom stereocenters. The minimum Gasteiger partial charge on any atom is -0.495 e. The number of benzene rings is 1. The van der Waals surface area contributed by atoms with Crippen LogP contribution >= 0.6 is 0 Å². The van der Waals surface area contributed by atoms with Gasteiger partial charge in [-0.2, -0.15) is 0 Å². The molecule has 0 bridgehead atoms. The van der Waals surface area contributed by atoms with Crippen LogP contribution in [0.2, 0.25) is 0 Å². The second-order valence-corrected chi connectivity index (χ2v) is 4.29. The summed E-state index contributed by atoms with van der Waals surface area (Å²) in [6.45, 7) is 1.91.